The van der Waals surface area contributed by atoms with Crippen LogP contribution < -0.4 is 15.8 Å². The van der Waals surface area contributed by atoms with Crippen molar-refractivity contribution < 1.29 is 29.3 Å². The number of likely N-dealkylation sites (N-methyl/N-ethyl adjacent to an activating group) is 1. The normalized spacial score (nSPS) is 22.8. The molecule has 0 spiro atoms. The monoisotopic (exact) mass is 563 g/mol. The number of nitrogens with one attached hydrogen (secondary N) is 1. The maximum Gasteiger partial charge on any atom is 0.415 e. The molecule has 0 radical (unpaired) electrons. The maximum absolute atomic E-state index is 12.5. The summed E-state index contributed by atoms with van der Waals surface area (Å²) in [7, 11) is 0. The van der Waals surface area contributed by atoms with Crippen molar-refractivity contribution in [1.82, 2.24) is 29.7 Å². The van der Waals surface area contributed by atoms with Gasteiger partial charge in [-0.3, -0.25) is 9.36 Å². The van der Waals surface area contributed by atoms with Gasteiger partial charge in [0.1, 0.15) is 23.5 Å². The molecule has 0 saturated carbocycles. The zero-order valence-corrected chi connectivity index (χ0v) is 22.9. The average molecular weight is 564 g/mol. The summed E-state index contributed by atoms with van der Waals surface area (Å²) < 4.78 is 12.6. The Kier molecular flexibility index (Phi) is 8.34. The molecule has 2 unspecified atom stereocenters. The van der Waals surface area contributed by atoms with Crippen LogP contribution in [0.4, 0.5) is 10.6 Å². The van der Waals surface area contributed by atoms with Crippen molar-refractivity contribution in [1.29, 1.82) is 0 Å². The number of rotatable bonds is 5. The van der Waals surface area contributed by atoms with E-state index in [-0.39, 0.29) is 28.9 Å². The number of ether oxygens (including phenoxy) is 2. The van der Waals surface area contributed by atoms with E-state index in [0.717, 1.165) is 18.4 Å². The van der Waals surface area contributed by atoms with Gasteiger partial charge in [-0.15, -0.1) is 0 Å². The SMILES string of the molecule is CCNC(=O)C1OC(n2cnc3c(N)nc(C#CCC4CCN(C(=O)Oc5ccc(C)cc5)CC4)nc32)[C@@H](O)[C@H]1O. The van der Waals surface area contributed by atoms with Crippen molar-refractivity contribution in [3.8, 4) is 17.6 Å². The van der Waals surface area contributed by atoms with Gasteiger partial charge in [-0.25, -0.2) is 19.7 Å². The molecule has 2 fully saturated rings. The summed E-state index contributed by atoms with van der Waals surface area (Å²) in [5.74, 6) is 6.64. The van der Waals surface area contributed by atoms with Gasteiger partial charge in [0.15, 0.2) is 23.8 Å². The van der Waals surface area contributed by atoms with Crippen LogP contribution >= 0.6 is 0 Å². The lowest BCUT2D eigenvalue weighted by Crippen LogP contribution is -2.42. The van der Waals surface area contributed by atoms with E-state index in [0.29, 0.717) is 37.7 Å². The van der Waals surface area contributed by atoms with Crippen LogP contribution in [0.15, 0.2) is 30.6 Å². The number of likely N-dealkylation sites (tertiary alicyclic amines) is 1. The maximum atomic E-state index is 12.5. The summed E-state index contributed by atoms with van der Waals surface area (Å²) in [6.07, 6.45) is -2.01. The van der Waals surface area contributed by atoms with Gasteiger partial charge in [-0.2, -0.15) is 0 Å². The summed E-state index contributed by atoms with van der Waals surface area (Å²) in [4.78, 5) is 39.4. The Morgan fingerprint density at radius 1 is 1.17 bits per heavy atom. The molecule has 5 rings (SSSR count). The lowest BCUT2D eigenvalue weighted by Gasteiger charge is -2.30. The van der Waals surface area contributed by atoms with Crippen molar-refractivity contribution in [2.75, 3.05) is 25.4 Å². The van der Waals surface area contributed by atoms with Gasteiger partial charge in [0.05, 0.1) is 6.33 Å². The van der Waals surface area contributed by atoms with E-state index in [9.17, 15) is 19.8 Å². The molecule has 0 aliphatic carbocycles. The Hall–Kier alpha value is -4.25. The number of aliphatic hydroxyl groups excluding tert-OH is 2. The van der Waals surface area contributed by atoms with Crippen LogP contribution in [0.3, 0.4) is 0 Å². The van der Waals surface area contributed by atoms with Gasteiger partial charge in [-0.1, -0.05) is 23.6 Å². The molecule has 1 aromatic carbocycles. The number of anilines is 1. The minimum absolute atomic E-state index is 0.103. The number of nitrogens with zero attached hydrogens (tertiary/aromatic N) is 5. The molecule has 3 aromatic rings. The number of carbonyl (C=O) groups is 2. The minimum atomic E-state index is -1.43. The first-order valence-corrected chi connectivity index (χ1v) is 13.6. The second-order valence-corrected chi connectivity index (χ2v) is 10.2. The predicted octanol–water partition coefficient (Wildman–Crippen LogP) is 1.12. The predicted molar refractivity (Wildman–Crippen MR) is 147 cm³/mol. The van der Waals surface area contributed by atoms with Crippen molar-refractivity contribution in [3.63, 3.8) is 0 Å². The molecule has 2 amide bonds. The lowest BCUT2D eigenvalue weighted by molar-refractivity contribution is -0.137. The molecule has 13 heteroatoms. The number of aliphatic hydroxyl groups is 2. The summed E-state index contributed by atoms with van der Waals surface area (Å²) in [5.41, 5.74) is 7.75. The smallest absolute Gasteiger partial charge is 0.410 e. The number of imidazole rings is 1. The Morgan fingerprint density at radius 3 is 2.61 bits per heavy atom. The Labute approximate surface area is 236 Å². The van der Waals surface area contributed by atoms with E-state index in [4.69, 9.17) is 15.2 Å². The third-order valence-corrected chi connectivity index (χ3v) is 7.26. The fraction of sp³-hybridized carbons (Fsp3) is 0.464. The van der Waals surface area contributed by atoms with Crippen molar-refractivity contribution in [2.24, 2.45) is 5.92 Å². The van der Waals surface area contributed by atoms with Gasteiger partial charge in [0.2, 0.25) is 5.82 Å². The van der Waals surface area contributed by atoms with Crippen LogP contribution in [0.25, 0.3) is 11.2 Å². The lowest BCUT2D eigenvalue weighted by atomic mass is 9.94. The number of amides is 2. The number of aromatic nitrogens is 4. The molecule has 2 aliphatic heterocycles. The van der Waals surface area contributed by atoms with Gasteiger partial charge in [0.25, 0.3) is 5.91 Å². The van der Waals surface area contributed by atoms with Gasteiger partial charge in [0, 0.05) is 26.1 Å². The van der Waals surface area contributed by atoms with Crippen molar-refractivity contribution in [3.05, 3.63) is 42.0 Å². The number of aryl methyl sites for hydroxylation is 1. The van der Waals surface area contributed by atoms with Crippen LogP contribution in [0.1, 0.15) is 43.8 Å². The molecule has 13 nitrogen and oxygen atoms in total. The second kappa shape index (κ2) is 12.1. The fourth-order valence-corrected chi connectivity index (χ4v) is 4.93. The Morgan fingerprint density at radius 2 is 1.90 bits per heavy atom. The number of benzene rings is 1. The summed E-state index contributed by atoms with van der Waals surface area (Å²) in [5, 5.41) is 23.6. The number of nitrogens with two attached hydrogens (primary N) is 1. The van der Waals surface area contributed by atoms with E-state index in [2.05, 4.69) is 32.1 Å². The van der Waals surface area contributed by atoms with E-state index in [1.54, 1.807) is 24.0 Å². The highest BCUT2D eigenvalue weighted by molar-refractivity contribution is 5.83. The van der Waals surface area contributed by atoms with E-state index < -0.39 is 30.4 Å². The van der Waals surface area contributed by atoms with Crippen LogP contribution in [0, 0.1) is 24.7 Å². The van der Waals surface area contributed by atoms with E-state index in [1.165, 1.54) is 10.9 Å². The fourth-order valence-electron chi connectivity index (χ4n) is 4.93. The highest BCUT2D eigenvalue weighted by Crippen LogP contribution is 2.32. The van der Waals surface area contributed by atoms with E-state index >= 15 is 0 Å². The van der Waals surface area contributed by atoms with Crippen LogP contribution in [-0.2, 0) is 9.53 Å². The molecular formula is C28H33N7O6. The number of hydrogen-bond donors (Lipinski definition) is 4. The number of hydrogen-bond acceptors (Lipinski definition) is 10. The van der Waals surface area contributed by atoms with Crippen molar-refractivity contribution in [2.45, 2.75) is 57.6 Å². The van der Waals surface area contributed by atoms with Crippen LogP contribution in [0.2, 0.25) is 0 Å². The number of nitrogen functional groups attached to an aromatic ring is 1. The van der Waals surface area contributed by atoms with E-state index in [1.807, 2.05) is 19.1 Å². The number of carbonyl (C=O) groups excluding carboxylic acids is 2. The molecular weight excluding hydrogens is 530 g/mol. The van der Waals surface area contributed by atoms with Crippen molar-refractivity contribution >= 4 is 29.0 Å². The first-order valence-electron chi connectivity index (χ1n) is 13.6. The summed E-state index contributed by atoms with van der Waals surface area (Å²) >= 11 is 0. The van der Waals surface area contributed by atoms with Gasteiger partial charge < -0.3 is 35.6 Å². The average Bonchev–Trinajstić information content (AvgIpc) is 3.51. The van der Waals surface area contributed by atoms with Gasteiger partial charge >= 0.3 is 6.09 Å². The number of fused-ring (bicyclic) bond motifs is 1. The molecule has 5 N–H and O–H groups in total. The minimum Gasteiger partial charge on any atom is -0.410 e. The highest BCUT2D eigenvalue weighted by Gasteiger charge is 2.47. The van der Waals surface area contributed by atoms with Gasteiger partial charge in [-0.05, 0) is 50.7 Å². The summed E-state index contributed by atoms with van der Waals surface area (Å²) in [6, 6.07) is 7.36. The zero-order chi connectivity index (χ0) is 29.1. The molecule has 4 heterocycles. The molecule has 4 atom stereocenters. The largest absolute Gasteiger partial charge is 0.415 e. The Balaban J connectivity index is 1.21. The zero-order valence-electron chi connectivity index (χ0n) is 22.9. The quantitative estimate of drug-likeness (QED) is 0.329. The molecule has 2 saturated heterocycles. The second-order valence-electron chi connectivity index (χ2n) is 10.2. The molecule has 2 aromatic heterocycles. The topological polar surface area (TPSA) is 178 Å². The first-order chi connectivity index (χ1) is 19.7. The number of piperidine rings is 1. The summed E-state index contributed by atoms with van der Waals surface area (Å²) in [6.45, 7) is 5.23. The highest BCUT2D eigenvalue weighted by atomic mass is 16.6. The van der Waals surface area contributed by atoms with Crippen LogP contribution in [0.5, 0.6) is 5.75 Å². The standard InChI is InChI=1S/C28H33N7O6/c1-3-30-26(38)23-21(36)22(37)27(41-23)35-15-31-20-24(29)32-19(33-25(20)35)6-4-5-17-11-13-34(14-12-17)28(39)40-18-9-7-16(2)8-10-18/h7-10,15,17,21-23,27,36-37H,3,5,11-14H2,1-2H3,(H,30,38)(H2,29,32,33)/t21-,22+,23?,27?/m1/s1. The molecule has 2 aliphatic rings. The molecule has 216 valence electrons. The third kappa shape index (κ3) is 6.09. The molecule has 0 bridgehead atoms. The van der Waals surface area contributed by atoms with Crippen LogP contribution in [-0.4, -0.2) is 84.6 Å². The molecule has 41 heavy (non-hydrogen) atoms. The third-order valence-electron chi connectivity index (χ3n) is 7.26. The Bertz CT molecular complexity index is 1470. The first kappa shape index (κ1) is 28.3.